The molecule has 1 atom stereocenters. The van der Waals surface area contributed by atoms with Crippen LogP contribution in [0.2, 0.25) is 0 Å². The van der Waals surface area contributed by atoms with Crippen LogP contribution in [0.4, 0.5) is 4.79 Å². The number of guanidine groups is 1. The molecular formula is C20H39IN4O3. The van der Waals surface area contributed by atoms with E-state index in [1.165, 1.54) is 25.7 Å². The van der Waals surface area contributed by atoms with Crippen molar-refractivity contribution in [3.05, 3.63) is 0 Å². The van der Waals surface area contributed by atoms with E-state index in [4.69, 9.17) is 9.47 Å². The number of amides is 1. The highest BCUT2D eigenvalue weighted by molar-refractivity contribution is 14.0. The first-order valence-electron chi connectivity index (χ1n) is 10.7. The van der Waals surface area contributed by atoms with E-state index in [2.05, 4.69) is 22.5 Å². The number of carbonyl (C=O) groups excluding carboxylic acids is 1. The Morgan fingerprint density at radius 1 is 1.14 bits per heavy atom. The van der Waals surface area contributed by atoms with Crippen LogP contribution in [-0.2, 0) is 9.47 Å². The third kappa shape index (κ3) is 8.31. The monoisotopic (exact) mass is 510 g/mol. The average Bonchev–Trinajstić information content (AvgIpc) is 3.22. The molecule has 1 saturated carbocycles. The van der Waals surface area contributed by atoms with Crippen LogP contribution in [0.25, 0.3) is 0 Å². The fourth-order valence-electron chi connectivity index (χ4n) is 4.14. The molecule has 0 bridgehead atoms. The van der Waals surface area contributed by atoms with Crippen molar-refractivity contribution in [3.8, 4) is 0 Å². The number of aliphatic imine (C=N–C) groups is 1. The number of nitrogens with one attached hydrogen (secondary N) is 2. The molecular weight excluding hydrogens is 471 g/mol. The van der Waals surface area contributed by atoms with Crippen LogP contribution < -0.4 is 10.6 Å². The van der Waals surface area contributed by atoms with Crippen LogP contribution in [0.5, 0.6) is 0 Å². The van der Waals surface area contributed by atoms with E-state index in [1.54, 1.807) is 11.9 Å². The smallest absolute Gasteiger partial charge is 0.409 e. The molecule has 1 amide bonds. The topological polar surface area (TPSA) is 75.2 Å². The molecule has 2 N–H and O–H groups in total. The summed E-state index contributed by atoms with van der Waals surface area (Å²) in [4.78, 5) is 17.9. The number of hydrogen-bond donors (Lipinski definition) is 2. The summed E-state index contributed by atoms with van der Waals surface area (Å²) >= 11 is 0. The maximum absolute atomic E-state index is 11.8. The average molecular weight is 510 g/mol. The van der Waals surface area contributed by atoms with Gasteiger partial charge in [-0.15, -0.1) is 24.0 Å². The Bertz CT molecular complexity index is 464. The quantitative estimate of drug-likeness (QED) is 0.298. The van der Waals surface area contributed by atoms with Gasteiger partial charge in [-0.05, 0) is 51.9 Å². The summed E-state index contributed by atoms with van der Waals surface area (Å²) in [5.41, 5.74) is 0. The minimum absolute atomic E-state index is 0. The van der Waals surface area contributed by atoms with Crippen molar-refractivity contribution in [1.29, 1.82) is 0 Å². The van der Waals surface area contributed by atoms with E-state index < -0.39 is 0 Å². The largest absolute Gasteiger partial charge is 0.450 e. The van der Waals surface area contributed by atoms with Crippen molar-refractivity contribution in [1.82, 2.24) is 15.5 Å². The van der Waals surface area contributed by atoms with Gasteiger partial charge >= 0.3 is 6.09 Å². The maximum Gasteiger partial charge on any atom is 0.409 e. The molecule has 28 heavy (non-hydrogen) atoms. The first-order valence-corrected chi connectivity index (χ1v) is 10.7. The Labute approximate surface area is 187 Å². The van der Waals surface area contributed by atoms with Crippen LogP contribution >= 0.6 is 24.0 Å². The fraction of sp³-hybridized carbons (Fsp3) is 0.900. The number of rotatable bonds is 8. The van der Waals surface area contributed by atoms with Crippen LogP contribution in [-0.4, -0.2) is 69.0 Å². The van der Waals surface area contributed by atoms with Gasteiger partial charge in [0, 0.05) is 39.3 Å². The first kappa shape index (κ1) is 25.3. The number of hydrogen-bond acceptors (Lipinski definition) is 4. The van der Waals surface area contributed by atoms with Crippen molar-refractivity contribution in [2.24, 2.45) is 10.9 Å². The maximum atomic E-state index is 11.8. The van der Waals surface area contributed by atoms with Gasteiger partial charge in [0.15, 0.2) is 5.96 Å². The minimum Gasteiger partial charge on any atom is -0.450 e. The van der Waals surface area contributed by atoms with Gasteiger partial charge in [0.25, 0.3) is 0 Å². The van der Waals surface area contributed by atoms with Crippen molar-refractivity contribution < 1.29 is 14.3 Å². The predicted octanol–water partition coefficient (Wildman–Crippen LogP) is 3.38. The molecule has 2 fully saturated rings. The molecule has 0 aromatic rings. The summed E-state index contributed by atoms with van der Waals surface area (Å²) in [6.45, 7) is 7.44. The molecule has 1 aliphatic heterocycles. The molecule has 2 rings (SSSR count). The second-order valence-corrected chi connectivity index (χ2v) is 7.43. The molecule has 7 nitrogen and oxygen atoms in total. The molecule has 0 aromatic heterocycles. The van der Waals surface area contributed by atoms with Gasteiger partial charge in [0.1, 0.15) is 0 Å². The van der Waals surface area contributed by atoms with E-state index in [1.807, 2.05) is 6.92 Å². The summed E-state index contributed by atoms with van der Waals surface area (Å²) in [7, 11) is 1.81. The number of ether oxygens (including phenoxy) is 2. The van der Waals surface area contributed by atoms with Gasteiger partial charge in [-0.25, -0.2) is 4.79 Å². The van der Waals surface area contributed by atoms with Crippen LogP contribution in [0.1, 0.15) is 58.8 Å². The molecule has 164 valence electrons. The second-order valence-electron chi connectivity index (χ2n) is 7.43. The van der Waals surface area contributed by atoms with E-state index in [-0.39, 0.29) is 30.1 Å². The van der Waals surface area contributed by atoms with Gasteiger partial charge < -0.3 is 25.0 Å². The highest BCUT2D eigenvalue weighted by atomic mass is 127. The lowest BCUT2D eigenvalue weighted by Gasteiger charge is -2.32. The van der Waals surface area contributed by atoms with Gasteiger partial charge in [0.2, 0.25) is 0 Å². The Hall–Kier alpha value is -0.770. The van der Waals surface area contributed by atoms with Crippen molar-refractivity contribution >= 4 is 36.0 Å². The normalized spacial score (nSPS) is 19.8. The van der Waals surface area contributed by atoms with Crippen LogP contribution in [0.15, 0.2) is 4.99 Å². The molecule has 1 heterocycles. The predicted molar refractivity (Wildman–Crippen MR) is 124 cm³/mol. The van der Waals surface area contributed by atoms with Gasteiger partial charge in [0.05, 0.1) is 12.7 Å². The zero-order valence-electron chi connectivity index (χ0n) is 17.7. The lowest BCUT2D eigenvalue weighted by molar-refractivity contribution is 0.0169. The van der Waals surface area contributed by atoms with E-state index >= 15 is 0 Å². The third-order valence-corrected chi connectivity index (χ3v) is 5.61. The number of nitrogens with zero attached hydrogens (tertiary/aromatic N) is 2. The minimum atomic E-state index is -0.202. The lowest BCUT2D eigenvalue weighted by Crippen LogP contribution is -2.50. The molecule has 0 aromatic carbocycles. The first-order chi connectivity index (χ1) is 13.2. The molecule has 1 aliphatic carbocycles. The highest BCUT2D eigenvalue weighted by Crippen LogP contribution is 2.30. The number of piperidine rings is 1. The third-order valence-electron chi connectivity index (χ3n) is 5.61. The summed E-state index contributed by atoms with van der Waals surface area (Å²) < 4.78 is 11.1. The standard InChI is InChI=1S/C20H38N4O3.HI/c1-4-26-18(16-8-6-7-9-16)10-13-22-19(21-3)23-17-11-14-24(15-12-17)20(25)27-5-2;/h16-18H,4-15H2,1-3H3,(H2,21,22,23);1H. The Kier molecular flexibility index (Phi) is 12.9. The van der Waals surface area contributed by atoms with E-state index in [0.29, 0.717) is 24.7 Å². The number of halogens is 1. The molecule has 1 saturated heterocycles. The summed E-state index contributed by atoms with van der Waals surface area (Å²) in [6, 6.07) is 0.333. The molecule has 1 unspecified atom stereocenters. The zero-order valence-corrected chi connectivity index (χ0v) is 20.1. The summed E-state index contributed by atoms with van der Waals surface area (Å²) in [5.74, 6) is 1.56. The second kappa shape index (κ2) is 14.3. The lowest BCUT2D eigenvalue weighted by atomic mass is 9.98. The fourth-order valence-corrected chi connectivity index (χ4v) is 4.14. The number of likely N-dealkylation sites (tertiary alicyclic amines) is 1. The van der Waals surface area contributed by atoms with Crippen LogP contribution in [0, 0.1) is 5.92 Å². The molecule has 0 spiro atoms. The van der Waals surface area contributed by atoms with E-state index in [9.17, 15) is 4.79 Å². The van der Waals surface area contributed by atoms with Gasteiger partial charge in [-0.2, -0.15) is 0 Å². The van der Waals surface area contributed by atoms with Gasteiger partial charge in [-0.1, -0.05) is 12.8 Å². The van der Waals surface area contributed by atoms with Crippen molar-refractivity contribution in [2.45, 2.75) is 70.9 Å². The van der Waals surface area contributed by atoms with Crippen LogP contribution in [0.3, 0.4) is 0 Å². The molecule has 8 heteroatoms. The van der Waals surface area contributed by atoms with Gasteiger partial charge in [-0.3, -0.25) is 4.99 Å². The summed E-state index contributed by atoms with van der Waals surface area (Å²) in [6.07, 6.45) is 8.27. The highest BCUT2D eigenvalue weighted by Gasteiger charge is 2.26. The van der Waals surface area contributed by atoms with E-state index in [0.717, 1.165) is 51.5 Å². The Morgan fingerprint density at radius 2 is 1.82 bits per heavy atom. The SMILES string of the molecule is CCOC(=O)N1CCC(NC(=NC)NCCC(OCC)C2CCCC2)CC1.I. The van der Waals surface area contributed by atoms with Crippen molar-refractivity contribution in [3.63, 3.8) is 0 Å². The molecule has 2 aliphatic rings. The summed E-state index contributed by atoms with van der Waals surface area (Å²) in [5, 5.41) is 6.93. The zero-order chi connectivity index (χ0) is 19.5. The Morgan fingerprint density at radius 3 is 2.39 bits per heavy atom. The molecule has 0 radical (unpaired) electrons. The van der Waals surface area contributed by atoms with Crippen molar-refractivity contribution in [2.75, 3.05) is 39.9 Å². The Balaban J connectivity index is 0.00000392. The number of carbonyl (C=O) groups is 1.